The summed E-state index contributed by atoms with van der Waals surface area (Å²) < 4.78 is 11.4. The number of para-hydroxylation sites is 1. The molecule has 0 amide bonds. The fourth-order valence-corrected chi connectivity index (χ4v) is 2.93. The third-order valence-corrected chi connectivity index (χ3v) is 3.97. The highest BCUT2D eigenvalue weighted by Crippen LogP contribution is 2.40. The van der Waals surface area contributed by atoms with E-state index in [2.05, 4.69) is 16.4 Å². The van der Waals surface area contributed by atoms with E-state index in [1.807, 2.05) is 19.1 Å². The second-order valence-electron chi connectivity index (χ2n) is 4.39. The number of thiazole rings is 1. The molecule has 1 aliphatic rings. The fourth-order valence-electron chi connectivity index (χ4n) is 2.28. The number of hydrogen-bond donors (Lipinski definition) is 0. The van der Waals surface area contributed by atoms with E-state index in [0.717, 1.165) is 35.0 Å². The van der Waals surface area contributed by atoms with Gasteiger partial charge in [-0.15, -0.1) is 11.3 Å². The van der Waals surface area contributed by atoms with Crippen molar-refractivity contribution in [2.75, 3.05) is 7.11 Å². The van der Waals surface area contributed by atoms with Gasteiger partial charge in [0.15, 0.2) is 11.5 Å². The minimum absolute atomic E-state index is 0.0544. The third kappa shape index (κ3) is 1.97. The number of ether oxygens (including phenoxy) is 2. The van der Waals surface area contributed by atoms with Crippen LogP contribution in [0, 0.1) is 6.92 Å². The summed E-state index contributed by atoms with van der Waals surface area (Å²) in [5.41, 5.74) is 2.26. The van der Waals surface area contributed by atoms with Gasteiger partial charge >= 0.3 is 0 Å². The molecule has 0 saturated carbocycles. The Hall–Kier alpha value is -1.55. The topological polar surface area (TPSA) is 31.4 Å². The molecule has 94 valence electrons. The lowest BCUT2D eigenvalue weighted by Gasteiger charge is -2.26. The van der Waals surface area contributed by atoms with E-state index in [9.17, 15) is 0 Å². The largest absolute Gasteiger partial charge is 0.493 e. The van der Waals surface area contributed by atoms with Crippen molar-refractivity contribution in [3.8, 4) is 11.5 Å². The maximum Gasteiger partial charge on any atom is 0.165 e. The SMILES string of the molecule is COc1cccc2c1OC(c1csc(C)n1)CC2. The average molecular weight is 261 g/mol. The van der Waals surface area contributed by atoms with Crippen LogP contribution in [0.15, 0.2) is 23.6 Å². The van der Waals surface area contributed by atoms with Gasteiger partial charge in [0.2, 0.25) is 0 Å². The summed E-state index contributed by atoms with van der Waals surface area (Å²) >= 11 is 1.67. The van der Waals surface area contributed by atoms with Crippen LogP contribution in [0.2, 0.25) is 0 Å². The van der Waals surface area contributed by atoms with Crippen LogP contribution < -0.4 is 9.47 Å². The minimum atomic E-state index is 0.0544. The summed E-state index contributed by atoms with van der Waals surface area (Å²) in [5.74, 6) is 1.69. The van der Waals surface area contributed by atoms with Gasteiger partial charge in [0.05, 0.1) is 17.8 Å². The highest BCUT2D eigenvalue weighted by atomic mass is 32.1. The first-order valence-corrected chi connectivity index (χ1v) is 6.90. The molecule has 1 unspecified atom stereocenters. The monoisotopic (exact) mass is 261 g/mol. The zero-order chi connectivity index (χ0) is 12.5. The maximum atomic E-state index is 6.07. The highest BCUT2D eigenvalue weighted by Gasteiger charge is 2.25. The molecular formula is C14H15NO2S. The summed E-state index contributed by atoms with van der Waals surface area (Å²) in [6.07, 6.45) is 2.04. The highest BCUT2D eigenvalue weighted by molar-refractivity contribution is 7.09. The number of benzene rings is 1. The van der Waals surface area contributed by atoms with E-state index >= 15 is 0 Å². The summed E-state index contributed by atoms with van der Waals surface area (Å²) in [6, 6.07) is 6.04. The molecule has 0 N–H and O–H groups in total. The Morgan fingerprint density at radius 3 is 3.06 bits per heavy atom. The fraction of sp³-hybridized carbons (Fsp3) is 0.357. The first-order valence-electron chi connectivity index (χ1n) is 6.02. The Labute approximate surface area is 110 Å². The molecule has 1 aliphatic heterocycles. The Bertz CT molecular complexity index is 550. The number of aryl methyl sites for hydroxylation is 2. The molecule has 1 atom stereocenters. The molecule has 3 nitrogen and oxygen atoms in total. The summed E-state index contributed by atoms with van der Waals surface area (Å²) in [5, 5.41) is 3.17. The average Bonchev–Trinajstić information content (AvgIpc) is 2.84. The van der Waals surface area contributed by atoms with Gasteiger partial charge in [-0.3, -0.25) is 0 Å². The van der Waals surface area contributed by atoms with Crippen LogP contribution in [-0.2, 0) is 6.42 Å². The van der Waals surface area contributed by atoms with Crippen LogP contribution in [0.3, 0.4) is 0 Å². The van der Waals surface area contributed by atoms with E-state index < -0.39 is 0 Å². The quantitative estimate of drug-likeness (QED) is 0.828. The first kappa shape index (κ1) is 11.5. The number of rotatable bonds is 2. The van der Waals surface area contributed by atoms with Crippen LogP contribution in [-0.4, -0.2) is 12.1 Å². The van der Waals surface area contributed by atoms with Gasteiger partial charge < -0.3 is 9.47 Å². The molecule has 3 rings (SSSR count). The standard InChI is InChI=1S/C14H15NO2S/c1-9-15-11(8-18-9)12-7-6-10-4-3-5-13(16-2)14(10)17-12/h3-5,8,12H,6-7H2,1-2H3. The van der Waals surface area contributed by atoms with Gasteiger partial charge in [-0.2, -0.15) is 0 Å². The van der Waals surface area contributed by atoms with Crippen molar-refractivity contribution in [2.45, 2.75) is 25.9 Å². The predicted molar refractivity (Wildman–Crippen MR) is 71.5 cm³/mol. The van der Waals surface area contributed by atoms with Gasteiger partial charge in [0.1, 0.15) is 6.10 Å². The second-order valence-corrected chi connectivity index (χ2v) is 5.45. The van der Waals surface area contributed by atoms with Gasteiger partial charge in [0, 0.05) is 5.38 Å². The van der Waals surface area contributed by atoms with E-state index in [-0.39, 0.29) is 6.10 Å². The predicted octanol–water partition coefficient (Wildman–Crippen LogP) is 3.53. The lowest BCUT2D eigenvalue weighted by atomic mass is 10.0. The van der Waals surface area contributed by atoms with Crippen molar-refractivity contribution >= 4 is 11.3 Å². The van der Waals surface area contributed by atoms with E-state index in [0.29, 0.717) is 0 Å². The van der Waals surface area contributed by atoms with Crippen molar-refractivity contribution in [3.63, 3.8) is 0 Å². The van der Waals surface area contributed by atoms with Gasteiger partial charge in [-0.05, 0) is 31.4 Å². The Morgan fingerprint density at radius 2 is 2.33 bits per heavy atom. The van der Waals surface area contributed by atoms with Crippen LogP contribution in [0.1, 0.15) is 28.8 Å². The van der Waals surface area contributed by atoms with Crippen molar-refractivity contribution in [3.05, 3.63) is 39.8 Å². The molecule has 0 aliphatic carbocycles. The summed E-state index contributed by atoms with van der Waals surface area (Å²) in [6.45, 7) is 2.02. The number of hydrogen-bond acceptors (Lipinski definition) is 4. The number of aromatic nitrogens is 1. The lowest BCUT2D eigenvalue weighted by molar-refractivity contribution is 0.165. The minimum Gasteiger partial charge on any atom is -0.493 e. The number of nitrogens with zero attached hydrogens (tertiary/aromatic N) is 1. The molecule has 1 aromatic heterocycles. The zero-order valence-corrected chi connectivity index (χ0v) is 11.3. The van der Waals surface area contributed by atoms with Gasteiger partial charge in [-0.1, -0.05) is 12.1 Å². The molecule has 1 aromatic carbocycles. The van der Waals surface area contributed by atoms with Crippen LogP contribution in [0.5, 0.6) is 11.5 Å². The number of methoxy groups -OCH3 is 1. The molecule has 2 heterocycles. The Kier molecular flexibility index (Phi) is 2.96. The normalized spacial score (nSPS) is 18.0. The first-order chi connectivity index (χ1) is 8.78. The number of fused-ring (bicyclic) bond motifs is 1. The van der Waals surface area contributed by atoms with Crippen molar-refractivity contribution in [2.24, 2.45) is 0 Å². The lowest BCUT2D eigenvalue weighted by Crippen LogP contribution is -2.16. The molecule has 0 bridgehead atoms. The van der Waals surface area contributed by atoms with Crippen LogP contribution in [0.25, 0.3) is 0 Å². The summed E-state index contributed by atoms with van der Waals surface area (Å²) in [4.78, 5) is 4.52. The molecule has 0 fully saturated rings. The maximum absolute atomic E-state index is 6.07. The molecule has 0 saturated heterocycles. The van der Waals surface area contributed by atoms with Gasteiger partial charge in [0.25, 0.3) is 0 Å². The van der Waals surface area contributed by atoms with Crippen molar-refractivity contribution < 1.29 is 9.47 Å². The van der Waals surface area contributed by atoms with Crippen molar-refractivity contribution in [1.82, 2.24) is 4.98 Å². The van der Waals surface area contributed by atoms with Crippen LogP contribution in [0.4, 0.5) is 0 Å². The third-order valence-electron chi connectivity index (χ3n) is 3.18. The molecule has 4 heteroatoms. The molecule has 2 aromatic rings. The summed E-state index contributed by atoms with van der Waals surface area (Å²) in [7, 11) is 1.68. The second kappa shape index (κ2) is 4.61. The van der Waals surface area contributed by atoms with Crippen molar-refractivity contribution in [1.29, 1.82) is 0 Å². The van der Waals surface area contributed by atoms with E-state index in [1.165, 1.54) is 5.56 Å². The Balaban J connectivity index is 1.92. The van der Waals surface area contributed by atoms with E-state index in [4.69, 9.17) is 9.47 Å². The molecule has 18 heavy (non-hydrogen) atoms. The molecule has 0 radical (unpaired) electrons. The Morgan fingerprint density at radius 1 is 1.44 bits per heavy atom. The van der Waals surface area contributed by atoms with Crippen LogP contribution >= 0.6 is 11.3 Å². The zero-order valence-electron chi connectivity index (χ0n) is 10.5. The van der Waals surface area contributed by atoms with E-state index in [1.54, 1.807) is 18.4 Å². The van der Waals surface area contributed by atoms with Gasteiger partial charge in [-0.25, -0.2) is 4.98 Å². The molecular weight excluding hydrogens is 246 g/mol. The smallest absolute Gasteiger partial charge is 0.165 e. The molecule has 0 spiro atoms.